The van der Waals surface area contributed by atoms with Crippen LogP contribution in [-0.4, -0.2) is 42.8 Å². The first-order valence-corrected chi connectivity index (χ1v) is 10.1. The molecule has 0 radical (unpaired) electrons. The number of benzene rings is 2. The van der Waals surface area contributed by atoms with Crippen molar-refractivity contribution in [3.05, 3.63) is 59.7 Å². The van der Waals surface area contributed by atoms with Crippen molar-refractivity contribution < 1.29 is 24.2 Å². The molecule has 0 bridgehead atoms. The molecule has 2 amide bonds. The number of amides is 2. The number of rotatable bonds is 6. The van der Waals surface area contributed by atoms with Gasteiger partial charge in [-0.15, -0.1) is 0 Å². The Bertz CT molecular complexity index is 1050. The number of carboxylic acid groups (broad SMARTS) is 1. The summed E-state index contributed by atoms with van der Waals surface area (Å²) in [5.41, 5.74) is 3.72. The van der Waals surface area contributed by atoms with Crippen LogP contribution in [0.4, 0.5) is 4.79 Å². The monoisotopic (exact) mass is 418 g/mol. The molecule has 1 saturated carbocycles. The summed E-state index contributed by atoms with van der Waals surface area (Å²) in [6.07, 6.45) is 0.498. The van der Waals surface area contributed by atoms with Crippen molar-refractivity contribution in [2.24, 2.45) is 5.41 Å². The maximum atomic E-state index is 12.0. The van der Waals surface area contributed by atoms with E-state index >= 15 is 0 Å². The number of fused-ring (bicyclic) bond motifs is 3. The first kappa shape index (κ1) is 20.5. The standard InChI is InChI=1S/C24H22N2O5/c27-21(26-15-24(11-12-24)22(28)29)10-5-13-25-23(30)31-14-20-18-8-3-1-6-16(18)17-7-2-4-9-19(17)20/h1-4,6-9,20H,11-15H2,(H,25,30)(H,26,27)(H,28,29). The summed E-state index contributed by atoms with van der Waals surface area (Å²) in [6.45, 7) is 0.217. The van der Waals surface area contributed by atoms with Gasteiger partial charge in [0, 0.05) is 12.5 Å². The summed E-state index contributed by atoms with van der Waals surface area (Å²) in [4.78, 5) is 34.8. The number of alkyl carbamates (subject to hydrolysis) is 1. The fourth-order valence-electron chi connectivity index (χ4n) is 3.80. The van der Waals surface area contributed by atoms with Crippen molar-refractivity contribution in [2.75, 3.05) is 19.7 Å². The molecule has 2 aromatic carbocycles. The number of ether oxygens (including phenoxy) is 1. The Hall–Kier alpha value is -3.79. The zero-order valence-electron chi connectivity index (χ0n) is 16.8. The minimum absolute atomic E-state index is 0.0287. The fraction of sp³-hybridized carbons (Fsp3) is 0.292. The van der Waals surface area contributed by atoms with Gasteiger partial charge in [-0.05, 0) is 41.0 Å². The van der Waals surface area contributed by atoms with Crippen molar-refractivity contribution in [2.45, 2.75) is 18.8 Å². The topological polar surface area (TPSA) is 105 Å². The van der Waals surface area contributed by atoms with Crippen LogP contribution in [0, 0.1) is 17.3 Å². The van der Waals surface area contributed by atoms with E-state index in [0.29, 0.717) is 12.8 Å². The Morgan fingerprint density at radius 1 is 1.00 bits per heavy atom. The normalized spacial score (nSPS) is 15.0. The average molecular weight is 418 g/mol. The van der Waals surface area contributed by atoms with Crippen LogP contribution in [0.2, 0.25) is 0 Å². The SMILES string of the molecule is O=C(C#CCNC(=O)OCC1c2ccccc2-c2ccccc21)NCC1(C(=O)O)CC1. The number of carbonyl (C=O) groups excluding carboxylic acids is 2. The molecule has 0 heterocycles. The van der Waals surface area contributed by atoms with Crippen molar-refractivity contribution in [1.82, 2.24) is 10.6 Å². The average Bonchev–Trinajstić information content (AvgIpc) is 3.51. The Morgan fingerprint density at radius 2 is 1.61 bits per heavy atom. The van der Waals surface area contributed by atoms with Gasteiger partial charge in [-0.3, -0.25) is 9.59 Å². The first-order chi connectivity index (χ1) is 15.0. The summed E-state index contributed by atoms with van der Waals surface area (Å²) in [6, 6.07) is 16.1. The molecule has 158 valence electrons. The summed E-state index contributed by atoms with van der Waals surface area (Å²) in [5.74, 6) is 3.38. The third kappa shape index (κ3) is 4.38. The summed E-state index contributed by atoms with van der Waals surface area (Å²) < 4.78 is 5.39. The van der Waals surface area contributed by atoms with Gasteiger partial charge in [0.2, 0.25) is 0 Å². The molecule has 2 aromatic rings. The molecule has 0 aliphatic heterocycles. The van der Waals surface area contributed by atoms with E-state index in [4.69, 9.17) is 9.84 Å². The maximum absolute atomic E-state index is 12.0. The van der Waals surface area contributed by atoms with Crippen LogP contribution < -0.4 is 10.6 Å². The smallest absolute Gasteiger partial charge is 0.407 e. The van der Waals surface area contributed by atoms with E-state index in [2.05, 4.69) is 34.6 Å². The van der Waals surface area contributed by atoms with Crippen LogP contribution in [0.3, 0.4) is 0 Å². The molecule has 0 aromatic heterocycles. The quantitative estimate of drug-likeness (QED) is 0.626. The third-order valence-corrected chi connectivity index (χ3v) is 5.76. The number of nitrogens with one attached hydrogen (secondary N) is 2. The van der Waals surface area contributed by atoms with Gasteiger partial charge in [0.1, 0.15) is 6.61 Å². The van der Waals surface area contributed by atoms with Gasteiger partial charge in [0.15, 0.2) is 0 Å². The van der Waals surface area contributed by atoms with Crippen LogP contribution in [0.25, 0.3) is 11.1 Å². The number of aliphatic carboxylic acids is 1. The highest BCUT2D eigenvalue weighted by molar-refractivity contribution is 5.94. The van der Waals surface area contributed by atoms with E-state index in [1.807, 2.05) is 36.4 Å². The molecule has 7 heteroatoms. The highest BCUT2D eigenvalue weighted by atomic mass is 16.5. The highest BCUT2D eigenvalue weighted by Gasteiger charge is 2.50. The first-order valence-electron chi connectivity index (χ1n) is 10.1. The second-order valence-electron chi connectivity index (χ2n) is 7.75. The molecule has 3 N–H and O–H groups in total. The molecule has 7 nitrogen and oxygen atoms in total. The van der Waals surface area contributed by atoms with Gasteiger partial charge in [0.25, 0.3) is 5.91 Å². The van der Waals surface area contributed by atoms with Gasteiger partial charge in [-0.1, -0.05) is 54.5 Å². The molecule has 4 rings (SSSR count). The Balaban J connectivity index is 1.24. The zero-order chi connectivity index (χ0) is 21.8. The van der Waals surface area contributed by atoms with Gasteiger partial charge in [-0.25, -0.2) is 4.79 Å². The van der Waals surface area contributed by atoms with E-state index in [-0.39, 0.29) is 25.6 Å². The molecule has 0 spiro atoms. The predicted octanol–water partition coefficient (Wildman–Crippen LogP) is 2.51. The lowest BCUT2D eigenvalue weighted by atomic mass is 9.98. The maximum Gasteiger partial charge on any atom is 0.407 e. The molecular formula is C24H22N2O5. The molecule has 2 aliphatic rings. The third-order valence-electron chi connectivity index (χ3n) is 5.76. The largest absolute Gasteiger partial charge is 0.481 e. The van der Waals surface area contributed by atoms with Crippen molar-refractivity contribution in [1.29, 1.82) is 0 Å². The van der Waals surface area contributed by atoms with Crippen molar-refractivity contribution in [3.8, 4) is 23.0 Å². The molecule has 1 fully saturated rings. The Morgan fingerprint density at radius 3 is 2.19 bits per heavy atom. The predicted molar refractivity (Wildman–Crippen MR) is 113 cm³/mol. The molecule has 0 unspecified atom stereocenters. The lowest BCUT2D eigenvalue weighted by Gasteiger charge is -2.14. The summed E-state index contributed by atoms with van der Waals surface area (Å²) in [5, 5.41) is 14.1. The Labute approximate surface area is 179 Å². The molecule has 0 saturated heterocycles. The van der Waals surface area contributed by atoms with E-state index in [9.17, 15) is 14.4 Å². The van der Waals surface area contributed by atoms with Crippen LogP contribution >= 0.6 is 0 Å². The van der Waals surface area contributed by atoms with Crippen LogP contribution in [-0.2, 0) is 14.3 Å². The van der Waals surface area contributed by atoms with Gasteiger partial charge in [0.05, 0.1) is 12.0 Å². The van der Waals surface area contributed by atoms with E-state index in [1.165, 1.54) is 0 Å². The number of hydrogen-bond donors (Lipinski definition) is 3. The zero-order valence-corrected chi connectivity index (χ0v) is 16.8. The lowest BCUT2D eigenvalue weighted by molar-refractivity contribution is -0.143. The summed E-state index contributed by atoms with van der Waals surface area (Å²) >= 11 is 0. The minimum atomic E-state index is -0.905. The fourth-order valence-corrected chi connectivity index (χ4v) is 3.80. The summed E-state index contributed by atoms with van der Waals surface area (Å²) in [7, 11) is 0. The van der Waals surface area contributed by atoms with Crippen LogP contribution in [0.5, 0.6) is 0 Å². The van der Waals surface area contributed by atoms with Crippen molar-refractivity contribution >= 4 is 18.0 Å². The van der Waals surface area contributed by atoms with Gasteiger partial charge in [-0.2, -0.15) is 0 Å². The second kappa shape index (κ2) is 8.52. The van der Waals surface area contributed by atoms with E-state index in [1.54, 1.807) is 0 Å². The second-order valence-corrected chi connectivity index (χ2v) is 7.75. The highest BCUT2D eigenvalue weighted by Crippen LogP contribution is 2.45. The molecular weight excluding hydrogens is 396 g/mol. The number of hydrogen-bond acceptors (Lipinski definition) is 4. The minimum Gasteiger partial charge on any atom is -0.481 e. The molecule has 31 heavy (non-hydrogen) atoms. The number of carbonyl (C=O) groups is 3. The lowest BCUT2D eigenvalue weighted by Crippen LogP contribution is -2.33. The van der Waals surface area contributed by atoms with Crippen LogP contribution in [0.15, 0.2) is 48.5 Å². The molecule has 2 aliphatic carbocycles. The van der Waals surface area contributed by atoms with E-state index in [0.717, 1.165) is 22.3 Å². The van der Waals surface area contributed by atoms with Crippen molar-refractivity contribution in [3.63, 3.8) is 0 Å². The van der Waals surface area contributed by atoms with Gasteiger partial charge < -0.3 is 20.5 Å². The number of carboxylic acids is 1. The van der Waals surface area contributed by atoms with Crippen LogP contribution in [0.1, 0.15) is 29.9 Å². The van der Waals surface area contributed by atoms with Gasteiger partial charge >= 0.3 is 12.1 Å². The molecule has 0 atom stereocenters. The van der Waals surface area contributed by atoms with E-state index < -0.39 is 23.4 Å². The Kier molecular flexibility index (Phi) is 5.63.